The van der Waals surface area contributed by atoms with Crippen LogP contribution in [0.15, 0.2) is 77.9 Å². The van der Waals surface area contributed by atoms with Crippen molar-refractivity contribution in [1.29, 1.82) is 0 Å². The third-order valence-electron chi connectivity index (χ3n) is 5.73. The number of hydrogen-bond acceptors (Lipinski definition) is 6. The van der Waals surface area contributed by atoms with E-state index in [4.69, 9.17) is 14.8 Å². The first kappa shape index (κ1) is 19.4. The number of anilines is 1. The largest absolute Gasteiger partial charge is 0.378 e. The highest BCUT2D eigenvalue weighted by Crippen LogP contribution is 2.27. The Balaban J connectivity index is 1.51. The van der Waals surface area contributed by atoms with Gasteiger partial charge in [0.05, 0.1) is 36.0 Å². The van der Waals surface area contributed by atoms with Crippen LogP contribution in [0.2, 0.25) is 0 Å². The van der Waals surface area contributed by atoms with Crippen LogP contribution in [0.4, 0.5) is 5.82 Å². The standard InChI is InChI=1S/C24H21N7O2/c32-24-16-21(28-30(24)18-4-2-1-3-5-18)20-15-23(29-10-12-33-13-11-29)31-22(26-20)14-19(27-31)17-6-8-25-9-7-17/h1-9,14-16,28H,10-13H2. The number of morpholine rings is 1. The molecular weight excluding hydrogens is 418 g/mol. The first-order valence-electron chi connectivity index (χ1n) is 10.8. The van der Waals surface area contributed by atoms with E-state index in [0.29, 0.717) is 30.2 Å². The number of ether oxygens (including phenoxy) is 1. The second-order valence-electron chi connectivity index (χ2n) is 7.81. The molecule has 0 spiro atoms. The van der Waals surface area contributed by atoms with Gasteiger partial charge in [-0.3, -0.25) is 14.9 Å². The van der Waals surface area contributed by atoms with Crippen LogP contribution in [0.5, 0.6) is 0 Å². The summed E-state index contributed by atoms with van der Waals surface area (Å²) in [7, 11) is 0. The Kier molecular flexibility index (Phi) is 4.73. The number of rotatable bonds is 4. The van der Waals surface area contributed by atoms with E-state index in [0.717, 1.165) is 35.9 Å². The molecule has 1 saturated heterocycles. The molecule has 0 radical (unpaired) electrons. The van der Waals surface area contributed by atoms with E-state index < -0.39 is 0 Å². The third kappa shape index (κ3) is 3.58. The van der Waals surface area contributed by atoms with Crippen LogP contribution < -0.4 is 10.5 Å². The molecule has 0 saturated carbocycles. The van der Waals surface area contributed by atoms with Gasteiger partial charge in [0.1, 0.15) is 5.82 Å². The topological polar surface area (TPSA) is 93.3 Å². The Morgan fingerprint density at radius 1 is 0.909 bits per heavy atom. The average Bonchev–Trinajstić information content (AvgIpc) is 3.49. The molecule has 6 rings (SSSR count). The van der Waals surface area contributed by atoms with E-state index in [1.54, 1.807) is 18.5 Å². The first-order valence-corrected chi connectivity index (χ1v) is 10.8. The zero-order valence-electron chi connectivity index (χ0n) is 17.8. The highest BCUT2D eigenvalue weighted by atomic mass is 16.5. The van der Waals surface area contributed by atoms with Crippen molar-refractivity contribution in [1.82, 2.24) is 29.4 Å². The number of fused-ring (bicyclic) bond motifs is 1. The number of nitrogens with one attached hydrogen (secondary N) is 1. The van der Waals surface area contributed by atoms with Gasteiger partial charge in [0.25, 0.3) is 5.56 Å². The number of pyridine rings is 1. The van der Waals surface area contributed by atoms with Crippen LogP contribution in [0.3, 0.4) is 0 Å². The van der Waals surface area contributed by atoms with Gasteiger partial charge in [0.15, 0.2) is 5.65 Å². The van der Waals surface area contributed by atoms with Crippen LogP contribution in [-0.4, -0.2) is 55.7 Å². The number of aromatic amines is 1. The van der Waals surface area contributed by atoms with Gasteiger partial charge in [0.2, 0.25) is 0 Å². The van der Waals surface area contributed by atoms with Gasteiger partial charge in [-0.1, -0.05) is 18.2 Å². The van der Waals surface area contributed by atoms with E-state index in [9.17, 15) is 4.79 Å². The molecule has 1 N–H and O–H groups in total. The predicted molar refractivity (Wildman–Crippen MR) is 125 cm³/mol. The van der Waals surface area contributed by atoms with Crippen molar-refractivity contribution in [3.8, 4) is 28.3 Å². The maximum Gasteiger partial charge on any atom is 0.271 e. The zero-order chi connectivity index (χ0) is 22.2. The maximum atomic E-state index is 12.7. The lowest BCUT2D eigenvalue weighted by Gasteiger charge is -2.29. The molecule has 9 heteroatoms. The molecule has 5 aromatic rings. The molecule has 1 aromatic carbocycles. The Hall–Kier alpha value is -4.24. The summed E-state index contributed by atoms with van der Waals surface area (Å²) in [5, 5.41) is 8.04. The molecule has 1 aliphatic rings. The Labute approximate surface area is 188 Å². The number of para-hydroxylation sites is 1. The van der Waals surface area contributed by atoms with E-state index in [1.165, 1.54) is 4.68 Å². The number of aromatic nitrogens is 6. The highest BCUT2D eigenvalue weighted by molar-refractivity contribution is 5.69. The van der Waals surface area contributed by atoms with Gasteiger partial charge >= 0.3 is 0 Å². The summed E-state index contributed by atoms with van der Waals surface area (Å²) >= 11 is 0. The first-order chi connectivity index (χ1) is 16.3. The van der Waals surface area contributed by atoms with E-state index >= 15 is 0 Å². The lowest BCUT2D eigenvalue weighted by molar-refractivity contribution is 0.122. The summed E-state index contributed by atoms with van der Waals surface area (Å²) in [6.45, 7) is 2.81. The van der Waals surface area contributed by atoms with Crippen molar-refractivity contribution in [3.05, 3.63) is 83.4 Å². The lowest BCUT2D eigenvalue weighted by Crippen LogP contribution is -2.37. The summed E-state index contributed by atoms with van der Waals surface area (Å²) in [5.74, 6) is 0.909. The van der Waals surface area contributed by atoms with Gasteiger partial charge in [-0.15, -0.1) is 0 Å². The minimum atomic E-state index is -0.142. The van der Waals surface area contributed by atoms with Crippen LogP contribution in [0, 0.1) is 0 Å². The second-order valence-corrected chi connectivity index (χ2v) is 7.81. The molecule has 5 heterocycles. The maximum absolute atomic E-state index is 12.7. The molecule has 0 bridgehead atoms. The molecule has 1 aliphatic heterocycles. The van der Waals surface area contributed by atoms with Crippen molar-refractivity contribution in [2.45, 2.75) is 0 Å². The Morgan fingerprint density at radius 2 is 1.70 bits per heavy atom. The van der Waals surface area contributed by atoms with Crippen molar-refractivity contribution in [2.24, 2.45) is 0 Å². The average molecular weight is 439 g/mol. The van der Waals surface area contributed by atoms with Crippen molar-refractivity contribution in [2.75, 3.05) is 31.2 Å². The van der Waals surface area contributed by atoms with Crippen molar-refractivity contribution >= 4 is 11.5 Å². The molecule has 0 unspecified atom stereocenters. The number of benzene rings is 1. The van der Waals surface area contributed by atoms with Crippen LogP contribution >= 0.6 is 0 Å². The molecule has 164 valence electrons. The molecule has 0 amide bonds. The Bertz CT molecular complexity index is 1470. The summed E-state index contributed by atoms with van der Waals surface area (Å²) in [5.41, 5.74) is 4.43. The van der Waals surface area contributed by atoms with Crippen LogP contribution in [0.25, 0.3) is 34.0 Å². The normalized spacial score (nSPS) is 14.1. The molecule has 0 atom stereocenters. The molecule has 33 heavy (non-hydrogen) atoms. The monoisotopic (exact) mass is 439 g/mol. The highest BCUT2D eigenvalue weighted by Gasteiger charge is 2.20. The number of hydrogen-bond donors (Lipinski definition) is 1. The van der Waals surface area contributed by atoms with E-state index in [-0.39, 0.29) is 5.56 Å². The van der Waals surface area contributed by atoms with E-state index in [1.807, 2.05) is 59.1 Å². The minimum Gasteiger partial charge on any atom is -0.378 e. The quantitative estimate of drug-likeness (QED) is 0.463. The summed E-state index contributed by atoms with van der Waals surface area (Å²) in [6.07, 6.45) is 3.50. The van der Waals surface area contributed by atoms with Gasteiger partial charge in [-0.05, 0) is 24.3 Å². The number of H-pyrrole nitrogens is 1. The molecule has 1 fully saturated rings. The fourth-order valence-corrected chi connectivity index (χ4v) is 4.07. The molecule has 0 aliphatic carbocycles. The fraction of sp³-hybridized carbons (Fsp3) is 0.167. The predicted octanol–water partition coefficient (Wildman–Crippen LogP) is 2.77. The lowest BCUT2D eigenvalue weighted by atomic mass is 10.2. The SMILES string of the molecule is O=c1cc(-c2cc(N3CCOCC3)n3nc(-c4ccncc4)cc3n2)[nH]n1-c1ccccc1. The molecular formula is C24H21N7O2. The molecule has 4 aromatic heterocycles. The van der Waals surface area contributed by atoms with Gasteiger partial charge in [-0.2, -0.15) is 9.61 Å². The molecule has 9 nitrogen and oxygen atoms in total. The van der Waals surface area contributed by atoms with Crippen LogP contribution in [0.1, 0.15) is 0 Å². The van der Waals surface area contributed by atoms with Gasteiger partial charge < -0.3 is 9.64 Å². The zero-order valence-corrected chi connectivity index (χ0v) is 17.8. The second kappa shape index (κ2) is 8.03. The van der Waals surface area contributed by atoms with Crippen LogP contribution in [-0.2, 0) is 4.74 Å². The van der Waals surface area contributed by atoms with Crippen molar-refractivity contribution in [3.63, 3.8) is 0 Å². The van der Waals surface area contributed by atoms with Gasteiger partial charge in [-0.25, -0.2) is 9.67 Å². The minimum absolute atomic E-state index is 0.142. The fourth-order valence-electron chi connectivity index (χ4n) is 4.07. The smallest absolute Gasteiger partial charge is 0.271 e. The Morgan fingerprint density at radius 3 is 2.48 bits per heavy atom. The number of nitrogens with zero attached hydrogens (tertiary/aromatic N) is 6. The summed E-state index contributed by atoms with van der Waals surface area (Å²) in [6, 6.07) is 18.8. The van der Waals surface area contributed by atoms with E-state index in [2.05, 4.69) is 15.0 Å². The van der Waals surface area contributed by atoms with Gasteiger partial charge in [0, 0.05) is 49.2 Å². The van der Waals surface area contributed by atoms with Crippen molar-refractivity contribution < 1.29 is 4.74 Å². The summed E-state index contributed by atoms with van der Waals surface area (Å²) < 4.78 is 8.93. The summed E-state index contributed by atoms with van der Waals surface area (Å²) in [4.78, 5) is 23.9. The third-order valence-corrected chi connectivity index (χ3v) is 5.73.